The molecule has 0 bridgehead atoms. The molecule has 0 radical (unpaired) electrons. The highest BCUT2D eigenvalue weighted by Crippen LogP contribution is 2.25. The molecule has 0 atom stereocenters. The molecule has 0 aromatic heterocycles. The molecule has 0 spiro atoms. The first kappa shape index (κ1) is 22.3. The molecule has 7 heteroatoms. The predicted octanol–water partition coefficient (Wildman–Crippen LogP) is 4.07. The van der Waals surface area contributed by atoms with Gasteiger partial charge in [0.1, 0.15) is 5.75 Å². The van der Waals surface area contributed by atoms with Crippen LogP contribution in [0.1, 0.15) is 66.7 Å². The summed E-state index contributed by atoms with van der Waals surface area (Å²) >= 11 is 0. The third kappa shape index (κ3) is 6.57. The number of nitrogens with one attached hydrogen (secondary N) is 3. The van der Waals surface area contributed by atoms with E-state index in [-0.39, 0.29) is 17.9 Å². The van der Waals surface area contributed by atoms with Crippen LogP contribution in [0.4, 0.5) is 5.69 Å². The van der Waals surface area contributed by atoms with Gasteiger partial charge >= 0.3 is 0 Å². The molecule has 0 heterocycles. The minimum atomic E-state index is -0.446. The molecule has 31 heavy (non-hydrogen) atoms. The standard InChI is InChI=1S/C24H29N3O4/c1-16(2)31-21-14-10-19(11-15-21)24(30)27-26-23(29)18-8-12-20(13-9-18)25-22(28)17-6-4-3-5-7-17/h8-17H,3-7H2,1-2H3,(H,25,28)(H,26,29)(H,27,30). The van der Waals surface area contributed by atoms with Crippen molar-refractivity contribution < 1.29 is 19.1 Å². The average molecular weight is 424 g/mol. The van der Waals surface area contributed by atoms with Gasteiger partial charge in [-0.05, 0) is 75.2 Å². The highest BCUT2D eigenvalue weighted by molar-refractivity contribution is 5.99. The van der Waals surface area contributed by atoms with Crippen LogP contribution < -0.4 is 20.9 Å². The zero-order chi connectivity index (χ0) is 22.2. The van der Waals surface area contributed by atoms with Crippen molar-refractivity contribution in [1.29, 1.82) is 0 Å². The van der Waals surface area contributed by atoms with Crippen LogP contribution in [0.2, 0.25) is 0 Å². The van der Waals surface area contributed by atoms with Crippen molar-refractivity contribution >= 4 is 23.4 Å². The molecule has 1 saturated carbocycles. The molecule has 3 N–H and O–H groups in total. The summed E-state index contributed by atoms with van der Waals surface area (Å²) < 4.78 is 5.55. The Morgan fingerprint density at radius 1 is 0.806 bits per heavy atom. The number of amides is 3. The van der Waals surface area contributed by atoms with E-state index in [2.05, 4.69) is 16.2 Å². The Hall–Kier alpha value is -3.35. The maximum absolute atomic E-state index is 12.3. The van der Waals surface area contributed by atoms with Crippen LogP contribution in [0, 0.1) is 5.92 Å². The monoisotopic (exact) mass is 423 g/mol. The fraction of sp³-hybridized carbons (Fsp3) is 0.375. The summed E-state index contributed by atoms with van der Waals surface area (Å²) in [5.41, 5.74) is 6.22. The predicted molar refractivity (Wildman–Crippen MR) is 119 cm³/mol. The molecule has 164 valence electrons. The van der Waals surface area contributed by atoms with E-state index in [1.165, 1.54) is 6.42 Å². The van der Waals surface area contributed by atoms with Crippen molar-refractivity contribution in [2.45, 2.75) is 52.1 Å². The zero-order valence-corrected chi connectivity index (χ0v) is 17.9. The Balaban J connectivity index is 1.48. The highest BCUT2D eigenvalue weighted by Gasteiger charge is 2.21. The van der Waals surface area contributed by atoms with Gasteiger partial charge in [-0.3, -0.25) is 25.2 Å². The van der Waals surface area contributed by atoms with Crippen LogP contribution in [0.5, 0.6) is 5.75 Å². The molecular weight excluding hydrogens is 394 g/mol. The summed E-state index contributed by atoms with van der Waals surface area (Å²) in [5.74, 6) is -0.0998. The lowest BCUT2D eigenvalue weighted by molar-refractivity contribution is -0.120. The topological polar surface area (TPSA) is 96.5 Å². The van der Waals surface area contributed by atoms with Gasteiger partial charge in [-0.15, -0.1) is 0 Å². The van der Waals surface area contributed by atoms with Gasteiger partial charge in [0.2, 0.25) is 5.91 Å². The number of hydrogen-bond acceptors (Lipinski definition) is 4. The number of rotatable bonds is 6. The first-order chi connectivity index (χ1) is 14.9. The molecule has 0 aliphatic heterocycles. The van der Waals surface area contributed by atoms with E-state index in [0.717, 1.165) is 25.7 Å². The van der Waals surface area contributed by atoms with Crippen molar-refractivity contribution in [3.8, 4) is 5.75 Å². The van der Waals surface area contributed by atoms with Crippen LogP contribution >= 0.6 is 0 Å². The first-order valence-electron chi connectivity index (χ1n) is 10.7. The fourth-order valence-corrected chi connectivity index (χ4v) is 3.53. The van der Waals surface area contributed by atoms with E-state index in [0.29, 0.717) is 22.6 Å². The third-order valence-corrected chi connectivity index (χ3v) is 5.17. The molecule has 2 aromatic carbocycles. The van der Waals surface area contributed by atoms with Gasteiger partial charge in [-0.2, -0.15) is 0 Å². The quantitative estimate of drug-likeness (QED) is 0.610. The molecule has 1 aliphatic carbocycles. The second-order valence-electron chi connectivity index (χ2n) is 8.00. The van der Waals surface area contributed by atoms with Crippen LogP contribution in [-0.2, 0) is 4.79 Å². The molecule has 2 aromatic rings. The zero-order valence-electron chi connectivity index (χ0n) is 17.9. The van der Waals surface area contributed by atoms with E-state index >= 15 is 0 Å². The number of anilines is 1. The van der Waals surface area contributed by atoms with Crippen molar-refractivity contribution in [2.75, 3.05) is 5.32 Å². The number of carbonyl (C=O) groups is 3. The number of ether oxygens (including phenoxy) is 1. The Morgan fingerprint density at radius 3 is 1.84 bits per heavy atom. The SMILES string of the molecule is CC(C)Oc1ccc(C(=O)NNC(=O)c2ccc(NC(=O)C3CCCCC3)cc2)cc1. The lowest BCUT2D eigenvalue weighted by Crippen LogP contribution is -2.41. The number of hydrazine groups is 1. The van der Waals surface area contributed by atoms with Crippen LogP contribution in [0.3, 0.4) is 0 Å². The second kappa shape index (κ2) is 10.6. The van der Waals surface area contributed by atoms with E-state index in [1.54, 1.807) is 48.5 Å². The number of benzene rings is 2. The van der Waals surface area contributed by atoms with Crippen LogP contribution in [0.15, 0.2) is 48.5 Å². The highest BCUT2D eigenvalue weighted by atomic mass is 16.5. The van der Waals surface area contributed by atoms with Gasteiger partial charge in [-0.1, -0.05) is 19.3 Å². The minimum Gasteiger partial charge on any atom is -0.491 e. The van der Waals surface area contributed by atoms with E-state index in [1.807, 2.05) is 13.8 Å². The van der Waals surface area contributed by atoms with E-state index in [4.69, 9.17) is 4.74 Å². The van der Waals surface area contributed by atoms with Crippen molar-refractivity contribution in [1.82, 2.24) is 10.9 Å². The lowest BCUT2D eigenvalue weighted by atomic mass is 9.88. The molecule has 1 fully saturated rings. The summed E-state index contributed by atoms with van der Waals surface area (Å²) in [7, 11) is 0. The summed E-state index contributed by atoms with van der Waals surface area (Å²) in [4.78, 5) is 36.9. The summed E-state index contributed by atoms with van der Waals surface area (Å²) in [5, 5.41) is 2.92. The molecule has 0 unspecified atom stereocenters. The number of carbonyl (C=O) groups excluding carboxylic acids is 3. The van der Waals surface area contributed by atoms with Gasteiger partial charge in [0.15, 0.2) is 0 Å². The molecule has 3 rings (SSSR count). The lowest BCUT2D eigenvalue weighted by Gasteiger charge is -2.20. The van der Waals surface area contributed by atoms with Crippen molar-refractivity contribution in [3.63, 3.8) is 0 Å². The fourth-order valence-electron chi connectivity index (χ4n) is 3.53. The van der Waals surface area contributed by atoms with E-state index in [9.17, 15) is 14.4 Å². The Kier molecular flexibility index (Phi) is 7.65. The average Bonchev–Trinajstić information content (AvgIpc) is 2.78. The normalized spacial score (nSPS) is 14.0. The summed E-state index contributed by atoms with van der Waals surface area (Å²) in [6.45, 7) is 3.85. The van der Waals surface area contributed by atoms with Gasteiger partial charge in [0, 0.05) is 22.7 Å². The van der Waals surface area contributed by atoms with E-state index < -0.39 is 11.8 Å². The van der Waals surface area contributed by atoms with Gasteiger partial charge in [0.25, 0.3) is 11.8 Å². The molecule has 3 amide bonds. The maximum atomic E-state index is 12.3. The first-order valence-corrected chi connectivity index (χ1v) is 10.7. The molecule has 0 saturated heterocycles. The van der Waals surface area contributed by atoms with Gasteiger partial charge in [-0.25, -0.2) is 0 Å². The maximum Gasteiger partial charge on any atom is 0.269 e. The van der Waals surface area contributed by atoms with Crippen molar-refractivity contribution in [2.24, 2.45) is 5.92 Å². The second-order valence-corrected chi connectivity index (χ2v) is 8.00. The van der Waals surface area contributed by atoms with Crippen LogP contribution in [0.25, 0.3) is 0 Å². The van der Waals surface area contributed by atoms with Gasteiger partial charge in [0.05, 0.1) is 6.10 Å². The Morgan fingerprint density at radius 2 is 1.32 bits per heavy atom. The van der Waals surface area contributed by atoms with Crippen molar-refractivity contribution in [3.05, 3.63) is 59.7 Å². The summed E-state index contributed by atoms with van der Waals surface area (Å²) in [6.07, 6.45) is 5.30. The Labute approximate surface area is 182 Å². The van der Waals surface area contributed by atoms with Gasteiger partial charge < -0.3 is 10.1 Å². The third-order valence-electron chi connectivity index (χ3n) is 5.17. The minimum absolute atomic E-state index is 0.0361. The van der Waals surface area contributed by atoms with Crippen LogP contribution in [-0.4, -0.2) is 23.8 Å². The largest absolute Gasteiger partial charge is 0.491 e. The molecule has 1 aliphatic rings. The molecule has 7 nitrogen and oxygen atoms in total. The number of hydrogen-bond donors (Lipinski definition) is 3. The Bertz CT molecular complexity index is 901. The molecular formula is C24H29N3O4. The summed E-state index contributed by atoms with van der Waals surface area (Å²) in [6, 6.07) is 13.3. The smallest absolute Gasteiger partial charge is 0.269 e.